The van der Waals surface area contributed by atoms with Crippen LogP contribution in [0.4, 0.5) is 5.82 Å². The van der Waals surface area contributed by atoms with Crippen LogP contribution < -0.4 is 10.5 Å². The van der Waals surface area contributed by atoms with E-state index in [2.05, 4.69) is 25.0 Å². The molecule has 2 N–H and O–H groups in total. The summed E-state index contributed by atoms with van der Waals surface area (Å²) in [6.45, 7) is 4.39. The number of hydrogen-bond acceptors (Lipinski definition) is 3. The second kappa shape index (κ2) is 5.99. The van der Waals surface area contributed by atoms with Crippen LogP contribution >= 0.6 is 0 Å². The van der Waals surface area contributed by atoms with E-state index in [1.54, 1.807) is 11.8 Å². The van der Waals surface area contributed by atoms with Crippen LogP contribution in [0.5, 0.6) is 5.75 Å². The molecular weight excluding hydrogens is 250 g/mol. The molecule has 2 aromatic rings. The first-order valence-electron chi connectivity index (χ1n) is 7.05. The number of hydrogen-bond donors (Lipinski definition) is 1. The van der Waals surface area contributed by atoms with Gasteiger partial charge in [-0.15, -0.1) is 0 Å². The number of methoxy groups -OCH3 is 1. The van der Waals surface area contributed by atoms with Crippen molar-refractivity contribution in [3.05, 3.63) is 30.0 Å². The minimum absolute atomic E-state index is 0.393. The number of anilines is 1. The molecule has 0 amide bonds. The number of nitrogens with two attached hydrogens (primary N) is 1. The molecule has 0 aliphatic heterocycles. The molecule has 0 spiro atoms. The Hall–Kier alpha value is -1.97. The van der Waals surface area contributed by atoms with Crippen LogP contribution in [0.15, 0.2) is 24.3 Å². The second-order valence-electron chi connectivity index (χ2n) is 5.19. The third-order valence-corrected chi connectivity index (χ3v) is 3.67. The van der Waals surface area contributed by atoms with E-state index < -0.39 is 0 Å². The summed E-state index contributed by atoms with van der Waals surface area (Å²) in [4.78, 5) is 0. The van der Waals surface area contributed by atoms with Crippen LogP contribution in [0.3, 0.4) is 0 Å². The largest absolute Gasteiger partial charge is 0.497 e. The van der Waals surface area contributed by atoms with Crippen molar-refractivity contribution in [1.29, 1.82) is 0 Å². The average Bonchev–Trinajstić information content (AvgIpc) is 2.75. The molecule has 1 unspecified atom stereocenters. The van der Waals surface area contributed by atoms with Gasteiger partial charge in [-0.2, -0.15) is 5.10 Å². The van der Waals surface area contributed by atoms with E-state index in [0.717, 1.165) is 35.4 Å². The second-order valence-corrected chi connectivity index (χ2v) is 5.19. The zero-order valence-corrected chi connectivity index (χ0v) is 12.7. The topological polar surface area (TPSA) is 53.1 Å². The van der Waals surface area contributed by atoms with Gasteiger partial charge in [-0.3, -0.25) is 4.68 Å². The first-order valence-corrected chi connectivity index (χ1v) is 7.05. The van der Waals surface area contributed by atoms with E-state index in [9.17, 15) is 0 Å². The Bertz CT molecular complexity index is 589. The lowest BCUT2D eigenvalue weighted by molar-refractivity contribution is 0.415. The van der Waals surface area contributed by atoms with E-state index in [-0.39, 0.29) is 0 Å². The van der Waals surface area contributed by atoms with Crippen molar-refractivity contribution in [2.75, 3.05) is 12.8 Å². The Balaban J connectivity index is 2.54. The van der Waals surface area contributed by atoms with E-state index in [1.807, 2.05) is 25.2 Å². The lowest BCUT2D eigenvalue weighted by atomic mass is 9.95. The first-order chi connectivity index (χ1) is 9.58. The lowest BCUT2D eigenvalue weighted by Gasteiger charge is -2.11. The molecule has 4 nitrogen and oxygen atoms in total. The van der Waals surface area contributed by atoms with Gasteiger partial charge in [0.15, 0.2) is 0 Å². The molecule has 1 heterocycles. The molecule has 108 valence electrons. The number of nitrogen functional groups attached to an aromatic ring is 1. The number of rotatable bonds is 5. The molecule has 0 fully saturated rings. The average molecular weight is 273 g/mol. The number of benzene rings is 1. The molecule has 2 rings (SSSR count). The summed E-state index contributed by atoms with van der Waals surface area (Å²) < 4.78 is 7.06. The highest BCUT2D eigenvalue weighted by molar-refractivity contribution is 5.78. The van der Waals surface area contributed by atoms with E-state index in [4.69, 9.17) is 10.5 Å². The van der Waals surface area contributed by atoms with E-state index >= 15 is 0 Å². The molecule has 20 heavy (non-hydrogen) atoms. The van der Waals surface area contributed by atoms with Crippen molar-refractivity contribution >= 4 is 5.82 Å². The summed E-state index contributed by atoms with van der Waals surface area (Å²) in [6.07, 6.45) is 2.24. The maximum absolute atomic E-state index is 6.22. The molecule has 1 aromatic carbocycles. The van der Waals surface area contributed by atoms with Crippen LogP contribution in [0.2, 0.25) is 0 Å². The third-order valence-electron chi connectivity index (χ3n) is 3.67. The number of aryl methyl sites for hydroxylation is 1. The molecule has 1 aromatic heterocycles. The minimum atomic E-state index is 0.393. The van der Waals surface area contributed by atoms with Gasteiger partial charge in [-0.25, -0.2) is 0 Å². The van der Waals surface area contributed by atoms with Crippen molar-refractivity contribution in [1.82, 2.24) is 9.78 Å². The summed E-state index contributed by atoms with van der Waals surface area (Å²) >= 11 is 0. The molecule has 0 saturated heterocycles. The molecule has 1 atom stereocenters. The fraction of sp³-hybridized carbons (Fsp3) is 0.438. The molecule has 0 saturated carbocycles. The highest BCUT2D eigenvalue weighted by Crippen LogP contribution is 2.36. The highest BCUT2D eigenvalue weighted by Gasteiger charge is 2.20. The summed E-state index contributed by atoms with van der Waals surface area (Å²) in [6, 6.07) is 7.98. The third kappa shape index (κ3) is 2.64. The quantitative estimate of drug-likeness (QED) is 0.906. The van der Waals surface area contributed by atoms with Gasteiger partial charge < -0.3 is 10.5 Å². The predicted octanol–water partition coefficient (Wildman–Crippen LogP) is 3.58. The molecule has 0 aliphatic carbocycles. The zero-order chi connectivity index (χ0) is 14.7. The van der Waals surface area contributed by atoms with Gasteiger partial charge in [0.25, 0.3) is 0 Å². The van der Waals surface area contributed by atoms with Gasteiger partial charge in [0, 0.05) is 18.5 Å². The molecule has 0 bridgehead atoms. The number of aromatic nitrogens is 2. The van der Waals surface area contributed by atoms with Gasteiger partial charge >= 0.3 is 0 Å². The van der Waals surface area contributed by atoms with Gasteiger partial charge in [0.2, 0.25) is 0 Å². The maximum Gasteiger partial charge on any atom is 0.129 e. The van der Waals surface area contributed by atoms with Crippen molar-refractivity contribution in [3.63, 3.8) is 0 Å². The van der Waals surface area contributed by atoms with E-state index in [1.165, 1.54) is 0 Å². The summed E-state index contributed by atoms with van der Waals surface area (Å²) in [5.74, 6) is 1.93. The SMILES string of the molecule is CCCC(C)c1nn(C)c(N)c1-c1cccc(OC)c1. The summed E-state index contributed by atoms with van der Waals surface area (Å²) in [5.41, 5.74) is 9.39. The van der Waals surface area contributed by atoms with E-state index in [0.29, 0.717) is 11.7 Å². The Labute approximate surface area is 120 Å². The summed E-state index contributed by atoms with van der Waals surface area (Å²) in [7, 11) is 3.56. The fourth-order valence-corrected chi connectivity index (χ4v) is 2.55. The lowest BCUT2D eigenvalue weighted by Crippen LogP contribution is -1.98. The van der Waals surface area contributed by atoms with Crippen molar-refractivity contribution < 1.29 is 4.74 Å². The predicted molar refractivity (Wildman–Crippen MR) is 82.9 cm³/mol. The Morgan fingerprint density at radius 3 is 2.80 bits per heavy atom. The van der Waals surface area contributed by atoms with Crippen LogP contribution in [-0.4, -0.2) is 16.9 Å². The molecule has 0 aliphatic rings. The van der Waals surface area contributed by atoms with Crippen LogP contribution in [0.25, 0.3) is 11.1 Å². The fourth-order valence-electron chi connectivity index (χ4n) is 2.55. The maximum atomic E-state index is 6.22. The first kappa shape index (κ1) is 14.4. The van der Waals surface area contributed by atoms with Gasteiger partial charge in [-0.05, 0) is 24.1 Å². The normalized spacial score (nSPS) is 12.4. The minimum Gasteiger partial charge on any atom is -0.497 e. The monoisotopic (exact) mass is 273 g/mol. The molecule has 4 heteroatoms. The van der Waals surface area contributed by atoms with Crippen molar-refractivity contribution in [2.45, 2.75) is 32.6 Å². The van der Waals surface area contributed by atoms with Gasteiger partial charge in [0.05, 0.1) is 12.8 Å². The van der Waals surface area contributed by atoms with Crippen LogP contribution in [-0.2, 0) is 7.05 Å². The highest BCUT2D eigenvalue weighted by atomic mass is 16.5. The number of ether oxygens (including phenoxy) is 1. The summed E-state index contributed by atoms with van der Waals surface area (Å²) in [5, 5.41) is 4.61. The Morgan fingerprint density at radius 2 is 2.15 bits per heavy atom. The van der Waals surface area contributed by atoms with Crippen molar-refractivity contribution in [3.8, 4) is 16.9 Å². The zero-order valence-electron chi connectivity index (χ0n) is 12.7. The van der Waals surface area contributed by atoms with Gasteiger partial charge in [-0.1, -0.05) is 32.4 Å². The molecular formula is C16H23N3O. The smallest absolute Gasteiger partial charge is 0.129 e. The Kier molecular flexibility index (Phi) is 4.32. The van der Waals surface area contributed by atoms with Crippen LogP contribution in [0.1, 0.15) is 38.3 Å². The Morgan fingerprint density at radius 1 is 1.40 bits per heavy atom. The van der Waals surface area contributed by atoms with Crippen LogP contribution in [0, 0.1) is 0 Å². The number of nitrogens with zero attached hydrogens (tertiary/aromatic N) is 2. The molecule has 0 radical (unpaired) electrons. The standard InChI is InChI=1S/C16H23N3O/c1-5-7-11(2)15-14(16(17)19(3)18-15)12-8-6-9-13(10-12)20-4/h6,8-11H,5,7,17H2,1-4H3. The van der Waals surface area contributed by atoms with Crippen molar-refractivity contribution in [2.24, 2.45) is 7.05 Å². The van der Waals surface area contributed by atoms with Gasteiger partial charge in [0.1, 0.15) is 11.6 Å².